The number of hydrogen-bond donors (Lipinski definition) is 0. The zero-order valence-electron chi connectivity index (χ0n) is 10.1. The molecule has 0 aromatic heterocycles. The summed E-state index contributed by atoms with van der Waals surface area (Å²) in [5.74, 6) is 0.167. The van der Waals surface area contributed by atoms with E-state index in [1.807, 2.05) is 0 Å². The standard InChI is InChI=1S/C3H6O.2C2H3ClO.CO2.7CH4.2ClH.H2O/c1-3(2)4;2*1-2(3)4;2-1-3;;;;;;;;;;/h1-2H3;2*1H3;;7*1H4;2*1H;1H2. The Morgan fingerprint density at radius 2 is 0.600 bits per heavy atom. The van der Waals surface area contributed by atoms with Gasteiger partial charge in [-0.15, -0.1) is 24.8 Å². The lowest BCUT2D eigenvalue weighted by atomic mass is 10.6. The highest BCUT2D eigenvalue weighted by atomic mass is 35.5. The van der Waals surface area contributed by atoms with Gasteiger partial charge in [-0.3, -0.25) is 9.59 Å². The molecule has 0 bridgehead atoms. The molecule has 6 nitrogen and oxygen atoms in total. The first-order chi connectivity index (χ1) is 6.61. The second kappa shape index (κ2) is 132. The van der Waals surface area contributed by atoms with Crippen molar-refractivity contribution in [1.82, 2.24) is 0 Å². The van der Waals surface area contributed by atoms with Gasteiger partial charge >= 0.3 is 6.15 Å². The highest BCUT2D eigenvalue weighted by Gasteiger charge is 1.67. The summed E-state index contributed by atoms with van der Waals surface area (Å²) in [4.78, 5) is 44.1. The number of ketones is 1. The Bertz CT molecular complexity index is 192. The molecule has 0 fully saturated rings. The number of carbonyl (C=O) groups excluding carboxylic acids is 5. The minimum absolute atomic E-state index is 0. The fraction of sp³-hybridized carbons (Fsp3) is 0.733. The van der Waals surface area contributed by atoms with Gasteiger partial charge in [0.15, 0.2) is 0 Å². The molecule has 0 aromatic carbocycles. The third kappa shape index (κ3) is 45300. The molecule has 0 saturated carbocycles. The Morgan fingerprint density at radius 1 is 0.600 bits per heavy atom. The smallest absolute Gasteiger partial charge is 0.373 e. The van der Waals surface area contributed by atoms with Crippen LogP contribution in [-0.4, -0.2) is 27.9 Å². The third-order valence-corrected chi connectivity index (χ3v) is 0. The summed E-state index contributed by atoms with van der Waals surface area (Å²) < 4.78 is 0. The van der Waals surface area contributed by atoms with Gasteiger partial charge in [-0.2, -0.15) is 9.59 Å². The van der Waals surface area contributed by atoms with Crippen LogP contribution in [0, 0.1) is 0 Å². The summed E-state index contributed by atoms with van der Waals surface area (Å²) in [5, 5.41) is -0.722. The molecule has 2 N–H and O–H groups in total. The fourth-order valence-corrected chi connectivity index (χ4v) is 0. The first-order valence-corrected chi connectivity index (χ1v) is 4.15. The zero-order valence-corrected chi connectivity index (χ0v) is 13.3. The van der Waals surface area contributed by atoms with Crippen molar-refractivity contribution in [2.75, 3.05) is 0 Å². The maximum absolute atomic E-state index is 9.44. The van der Waals surface area contributed by atoms with E-state index < -0.39 is 0 Å². The van der Waals surface area contributed by atoms with Crippen LogP contribution in [0.3, 0.4) is 0 Å². The average molecular weight is 462 g/mol. The van der Waals surface area contributed by atoms with E-state index in [4.69, 9.17) is 9.59 Å². The summed E-state index contributed by atoms with van der Waals surface area (Å²) in [6, 6.07) is 0. The Balaban J connectivity index is -0.00000000476. The number of Topliss-reactive ketones (excluding diaryl/α,β-unsaturated/α-hetero) is 1. The predicted molar refractivity (Wildman–Crippen MR) is 120 cm³/mol. The van der Waals surface area contributed by atoms with Gasteiger partial charge in [0.1, 0.15) is 5.78 Å². The minimum Gasteiger partial charge on any atom is -0.412 e. The minimum atomic E-state index is -0.361. The van der Waals surface area contributed by atoms with Crippen LogP contribution in [0.4, 0.5) is 0 Å². The summed E-state index contributed by atoms with van der Waals surface area (Å²) in [5.41, 5.74) is 0. The molecule has 168 valence electrons. The van der Waals surface area contributed by atoms with Gasteiger partial charge in [0, 0.05) is 13.8 Å². The number of carbonyl (C=O) groups is 3. The molecule has 0 aromatic rings. The van der Waals surface area contributed by atoms with E-state index in [-0.39, 0.29) is 105 Å². The SMILES string of the molecule is C.C.C.C.C.C.C.CC(=O)Cl.CC(=O)Cl.CC(C)=O.Cl.Cl.O.O=C=O. The van der Waals surface area contributed by atoms with Crippen LogP contribution in [0.5, 0.6) is 0 Å². The molecule has 0 atom stereocenters. The molecule has 25 heavy (non-hydrogen) atoms. The topological polar surface area (TPSA) is 117 Å². The Kier molecular flexibility index (Phi) is 646. The molecule has 0 amide bonds. The molecule has 0 heterocycles. The lowest BCUT2D eigenvalue weighted by Gasteiger charge is -1.56. The number of hydrogen-bond acceptors (Lipinski definition) is 5. The van der Waals surface area contributed by atoms with Gasteiger partial charge in [0.2, 0.25) is 10.5 Å². The number of halogens is 4. The van der Waals surface area contributed by atoms with E-state index in [1.54, 1.807) is 0 Å². The second-order valence-corrected chi connectivity index (χ2v) is 3.00. The molecule has 0 aliphatic heterocycles. The molecule has 10 heteroatoms. The highest BCUT2D eigenvalue weighted by Crippen LogP contribution is 1.68. The van der Waals surface area contributed by atoms with Crippen molar-refractivity contribution in [3.05, 3.63) is 0 Å². The van der Waals surface area contributed by atoms with E-state index in [9.17, 15) is 14.4 Å². The molecule has 0 saturated heterocycles. The van der Waals surface area contributed by atoms with Crippen LogP contribution in [-0.2, 0) is 24.0 Å². The monoisotopic (exact) mass is 460 g/mol. The van der Waals surface area contributed by atoms with Crippen LogP contribution in [0.2, 0.25) is 0 Å². The van der Waals surface area contributed by atoms with Gasteiger partial charge in [-0.1, -0.05) is 52.0 Å². The van der Waals surface area contributed by atoms with Crippen molar-refractivity contribution >= 4 is 70.4 Å². The van der Waals surface area contributed by atoms with Crippen LogP contribution in [0.15, 0.2) is 0 Å². The van der Waals surface area contributed by atoms with Crippen molar-refractivity contribution in [2.45, 2.75) is 79.7 Å². The van der Waals surface area contributed by atoms with Gasteiger partial charge in [0.25, 0.3) is 0 Å². The molecular weight excluding hydrogens is 418 g/mol. The van der Waals surface area contributed by atoms with Crippen molar-refractivity contribution in [1.29, 1.82) is 0 Å². The van der Waals surface area contributed by atoms with Gasteiger partial charge in [-0.25, -0.2) is 0 Å². The summed E-state index contributed by atoms with van der Waals surface area (Å²) in [6.45, 7) is 5.64. The van der Waals surface area contributed by atoms with Gasteiger partial charge in [-0.05, 0) is 37.0 Å². The first-order valence-electron chi connectivity index (χ1n) is 3.40. The molecule has 0 radical (unpaired) electrons. The number of rotatable bonds is 0. The summed E-state index contributed by atoms with van der Waals surface area (Å²) in [6.07, 6.45) is 0.250. The average Bonchev–Trinajstić information content (AvgIpc) is 1.81. The van der Waals surface area contributed by atoms with Crippen LogP contribution < -0.4 is 0 Å². The van der Waals surface area contributed by atoms with Crippen LogP contribution >= 0.6 is 48.0 Å². The first kappa shape index (κ1) is 123. The van der Waals surface area contributed by atoms with E-state index in [0.717, 1.165) is 0 Å². The predicted octanol–water partition coefficient (Wildman–Crippen LogP) is 6.03. The lowest BCUT2D eigenvalue weighted by Crippen LogP contribution is -1.69. The summed E-state index contributed by atoms with van der Waals surface area (Å²) >= 11 is 9.27. The van der Waals surface area contributed by atoms with Crippen molar-refractivity contribution < 1.29 is 29.4 Å². The Hall–Kier alpha value is -0.490. The Morgan fingerprint density at radius 3 is 0.600 bits per heavy atom. The van der Waals surface area contributed by atoms with Gasteiger partial charge < -0.3 is 10.3 Å². The molecule has 0 rings (SSSR count). The zero-order chi connectivity index (χ0) is 13.4. The molecule has 0 spiro atoms. The van der Waals surface area contributed by atoms with E-state index >= 15 is 0 Å². The molecular formula is C15H44Cl4O6. The maximum Gasteiger partial charge on any atom is 0.373 e. The van der Waals surface area contributed by atoms with Crippen molar-refractivity contribution in [2.24, 2.45) is 0 Å². The van der Waals surface area contributed by atoms with E-state index in [1.165, 1.54) is 27.7 Å². The van der Waals surface area contributed by atoms with E-state index in [0.29, 0.717) is 0 Å². The molecule has 0 aliphatic rings. The lowest BCUT2D eigenvalue weighted by molar-refractivity contribution is -0.191. The summed E-state index contributed by atoms with van der Waals surface area (Å²) in [7, 11) is 0. The molecule has 0 unspecified atom stereocenters. The highest BCUT2D eigenvalue weighted by molar-refractivity contribution is 6.63. The van der Waals surface area contributed by atoms with Gasteiger partial charge in [0.05, 0.1) is 0 Å². The quantitative estimate of drug-likeness (QED) is 0.408. The van der Waals surface area contributed by atoms with Crippen LogP contribution in [0.1, 0.15) is 79.7 Å². The maximum atomic E-state index is 9.44. The molecule has 0 aliphatic carbocycles. The van der Waals surface area contributed by atoms with E-state index in [2.05, 4.69) is 23.2 Å². The van der Waals surface area contributed by atoms with Crippen LogP contribution in [0.25, 0.3) is 0 Å². The largest absolute Gasteiger partial charge is 0.412 e. The Labute approximate surface area is 179 Å². The van der Waals surface area contributed by atoms with Crippen molar-refractivity contribution in [3.63, 3.8) is 0 Å². The second-order valence-electron chi connectivity index (χ2n) is 1.93. The fourth-order valence-electron chi connectivity index (χ4n) is 0. The third-order valence-electron chi connectivity index (χ3n) is 0. The van der Waals surface area contributed by atoms with Crippen molar-refractivity contribution in [3.8, 4) is 0 Å². The normalized spacial score (nSPS) is 3.44.